The molecule has 0 radical (unpaired) electrons. The molecule has 0 heterocycles. The van der Waals surface area contributed by atoms with Crippen LogP contribution < -0.4 is 67.1 Å². The number of hydrogen-bond acceptors (Lipinski definition) is 7. The average Bonchev–Trinajstić information content (AvgIpc) is 3.35. The normalized spacial score (nSPS) is 12.0. The Bertz CT molecular complexity index is 2650. The summed E-state index contributed by atoms with van der Waals surface area (Å²) in [5.74, 6) is -1.66. The number of esters is 1. The molecule has 0 saturated carbocycles. The third-order valence-corrected chi connectivity index (χ3v) is 11.4. The molecule has 3 atom stereocenters. The Kier molecular flexibility index (Phi) is 22.5. The molecule has 10 N–H and O–H groups in total. The van der Waals surface area contributed by atoms with Gasteiger partial charge in [0.2, 0.25) is 5.91 Å². The summed E-state index contributed by atoms with van der Waals surface area (Å²) in [5, 5.41) is 9.59. The minimum Gasteiger partial charge on any atom is -1.00 e. The van der Waals surface area contributed by atoms with Gasteiger partial charge in [-0.3, -0.25) is 30.8 Å². The first-order valence-corrected chi connectivity index (χ1v) is 22.8. The molecule has 0 bridgehead atoms. The lowest BCUT2D eigenvalue weighted by Gasteiger charge is -2.23. The van der Waals surface area contributed by atoms with Gasteiger partial charge in [0.15, 0.2) is 12.4 Å². The molecule has 15 heteroatoms. The van der Waals surface area contributed by atoms with Gasteiger partial charge in [-0.15, -0.1) is 6.58 Å². The van der Waals surface area contributed by atoms with Crippen molar-refractivity contribution in [2.24, 2.45) is 17.4 Å². The molecule has 6 aromatic rings. The molecular formula is C54H62Cl2N6O7. The zero-order valence-electron chi connectivity index (χ0n) is 38.7. The minimum absolute atomic E-state index is 0. The van der Waals surface area contributed by atoms with E-state index in [1.54, 1.807) is 0 Å². The number of hydrogen-bond donors (Lipinski definition) is 6. The molecule has 0 aromatic heterocycles. The van der Waals surface area contributed by atoms with Crippen LogP contribution in [0.5, 0.6) is 11.5 Å². The Hall–Kier alpha value is -6.93. The standard InChI is InChI=1S/C54H60N6O7.2ClH/c1-2-16-45(53(64)67-35-38-19-7-4-8-20-38)60-52(63)41(23-15-32-58-54(56)57)33-46(61)44(26-13-14-31-55)59-49(62)36-66-48-30-28-40-22-10-12-25-43(40)51(48)50-42-24-11-9-21-39(42)27-29-47(50)65-34-37-17-5-3-6-18-37;;/h2-12,17-22,24-25,27-30,41,44-45H,1,13-16,23,26,31-36,55H2,(H,59,62)(H,60,63)(H4,56,57,58);2*1H/t41-,44+,45-;;/m0../s1. The van der Waals surface area contributed by atoms with E-state index in [4.69, 9.17) is 25.7 Å². The molecule has 13 nitrogen and oxygen atoms in total. The maximum atomic E-state index is 14.3. The number of Topliss-reactive ketones (excluding diaryl/α,β-unsaturated/α-hetero) is 1. The van der Waals surface area contributed by atoms with Gasteiger partial charge in [0, 0.05) is 23.5 Å². The van der Waals surface area contributed by atoms with Crippen molar-refractivity contribution in [2.45, 2.75) is 70.2 Å². The van der Waals surface area contributed by atoms with E-state index < -0.39 is 42.4 Å². The fraction of sp³-hybridized carbons (Fsp3) is 0.278. The first-order chi connectivity index (χ1) is 32.6. The first kappa shape index (κ1) is 54.7. The van der Waals surface area contributed by atoms with Crippen molar-refractivity contribution in [1.82, 2.24) is 10.6 Å². The van der Waals surface area contributed by atoms with Gasteiger partial charge in [-0.05, 0) is 83.3 Å². The number of nitrogens with one attached hydrogen (secondary N) is 3. The molecule has 0 spiro atoms. The van der Waals surface area contributed by atoms with E-state index >= 15 is 0 Å². The summed E-state index contributed by atoms with van der Waals surface area (Å²) in [4.78, 5) is 58.3. The second-order valence-electron chi connectivity index (χ2n) is 16.4. The van der Waals surface area contributed by atoms with E-state index in [1.807, 2.05) is 133 Å². The van der Waals surface area contributed by atoms with Crippen molar-refractivity contribution in [3.05, 3.63) is 157 Å². The van der Waals surface area contributed by atoms with Crippen LogP contribution in [0.4, 0.5) is 0 Å². The van der Waals surface area contributed by atoms with Gasteiger partial charge in [-0.25, -0.2) is 4.79 Å². The van der Waals surface area contributed by atoms with Crippen LogP contribution in [0.2, 0.25) is 0 Å². The van der Waals surface area contributed by atoms with Crippen LogP contribution in [0.3, 0.4) is 0 Å². The number of nitrogens with two attached hydrogens (primary N) is 2. The van der Waals surface area contributed by atoms with Crippen LogP contribution >= 0.6 is 0 Å². The summed E-state index contributed by atoms with van der Waals surface area (Å²) >= 11 is 0. The van der Waals surface area contributed by atoms with Crippen LogP contribution in [0.15, 0.2) is 146 Å². The highest BCUT2D eigenvalue weighted by Gasteiger charge is 2.31. The van der Waals surface area contributed by atoms with Crippen LogP contribution in [0.25, 0.3) is 32.7 Å². The van der Waals surface area contributed by atoms with Crippen LogP contribution in [-0.2, 0) is 37.1 Å². The Morgan fingerprint density at radius 1 is 0.652 bits per heavy atom. The minimum atomic E-state index is -1.03. The number of quaternary nitrogens is 1. The topological polar surface area (TPSA) is 214 Å². The maximum Gasteiger partial charge on any atom is 0.338 e. The lowest BCUT2D eigenvalue weighted by Crippen LogP contribution is -3.00. The molecule has 0 aliphatic rings. The Labute approximate surface area is 416 Å². The quantitative estimate of drug-likeness (QED) is 0.0130. The third-order valence-electron chi connectivity index (χ3n) is 11.4. The number of fused-ring (bicyclic) bond motifs is 2. The molecule has 0 fully saturated rings. The highest BCUT2D eigenvalue weighted by molar-refractivity contribution is 6.10. The van der Waals surface area contributed by atoms with Crippen molar-refractivity contribution in [3.8, 4) is 22.6 Å². The van der Waals surface area contributed by atoms with Crippen molar-refractivity contribution in [1.29, 1.82) is 0 Å². The highest BCUT2D eigenvalue weighted by atomic mass is 35.5. The van der Waals surface area contributed by atoms with Gasteiger partial charge in [0.1, 0.15) is 30.8 Å². The highest BCUT2D eigenvalue weighted by Crippen LogP contribution is 2.45. The molecule has 364 valence electrons. The van der Waals surface area contributed by atoms with Crippen molar-refractivity contribution >= 4 is 51.1 Å². The fourth-order valence-corrected chi connectivity index (χ4v) is 8.00. The number of ketones is 1. The van der Waals surface area contributed by atoms with Gasteiger partial charge in [0.25, 0.3) is 5.91 Å². The SMILES string of the molecule is C=CC[C@H](NC(=O)[C@@H](CCC[NH+]=C(N)N)CC(=O)[C@@H](CCCC[NH3+])NC(=O)COc1ccc2ccccc2c1-c1c(OCc2ccccc2)ccc2ccccc12)C(=O)OCc1ccccc1.[Cl-].[Cl-]. The number of carbonyl (C=O) groups is 4. The lowest BCUT2D eigenvalue weighted by atomic mass is 9.91. The number of guanidine groups is 1. The summed E-state index contributed by atoms with van der Waals surface area (Å²) in [7, 11) is 0. The van der Waals surface area contributed by atoms with E-state index in [1.165, 1.54) is 6.08 Å². The predicted molar refractivity (Wildman–Crippen MR) is 261 cm³/mol. The number of amides is 2. The number of ether oxygens (including phenoxy) is 3. The third kappa shape index (κ3) is 16.1. The number of unbranched alkanes of at least 4 members (excludes halogenated alkanes) is 1. The van der Waals surface area contributed by atoms with E-state index in [-0.39, 0.29) is 62.4 Å². The van der Waals surface area contributed by atoms with Gasteiger partial charge >= 0.3 is 11.9 Å². The number of halogens is 2. The monoisotopic (exact) mass is 976 g/mol. The zero-order chi connectivity index (χ0) is 47.4. The van der Waals surface area contributed by atoms with Gasteiger partial charge in [0.05, 0.1) is 19.1 Å². The van der Waals surface area contributed by atoms with E-state index in [2.05, 4.69) is 27.9 Å². The molecule has 0 aliphatic heterocycles. The van der Waals surface area contributed by atoms with Gasteiger partial charge < -0.3 is 55.4 Å². The number of carbonyl (C=O) groups excluding carboxylic acids is 4. The first-order valence-electron chi connectivity index (χ1n) is 22.8. The molecular weight excluding hydrogens is 916 g/mol. The summed E-state index contributed by atoms with van der Waals surface area (Å²) in [6.07, 6.45) is 3.81. The summed E-state index contributed by atoms with van der Waals surface area (Å²) in [5.41, 5.74) is 18.6. The molecule has 0 unspecified atom stereocenters. The van der Waals surface area contributed by atoms with Crippen molar-refractivity contribution in [3.63, 3.8) is 0 Å². The molecule has 0 saturated heterocycles. The molecule has 69 heavy (non-hydrogen) atoms. The Balaban J connectivity index is 0.00000518. The average molecular weight is 978 g/mol. The molecule has 6 aromatic carbocycles. The lowest BCUT2D eigenvalue weighted by molar-refractivity contribution is -0.459. The van der Waals surface area contributed by atoms with E-state index in [0.29, 0.717) is 50.5 Å². The number of benzene rings is 6. The van der Waals surface area contributed by atoms with Crippen LogP contribution in [0, 0.1) is 5.92 Å². The van der Waals surface area contributed by atoms with Crippen LogP contribution in [0.1, 0.15) is 56.1 Å². The Morgan fingerprint density at radius 2 is 1.22 bits per heavy atom. The molecule has 2 amide bonds. The predicted octanol–water partition coefficient (Wildman–Crippen LogP) is -0.963. The van der Waals surface area contributed by atoms with E-state index in [9.17, 15) is 19.2 Å². The summed E-state index contributed by atoms with van der Waals surface area (Å²) < 4.78 is 18.5. The second kappa shape index (κ2) is 28.4. The molecule has 6 rings (SSSR count). The molecule has 0 aliphatic carbocycles. The van der Waals surface area contributed by atoms with Crippen LogP contribution in [-0.4, -0.2) is 61.3 Å². The number of rotatable bonds is 26. The van der Waals surface area contributed by atoms with Crippen molar-refractivity contribution < 1.29 is 68.9 Å². The van der Waals surface area contributed by atoms with E-state index in [0.717, 1.165) is 50.2 Å². The zero-order valence-corrected chi connectivity index (χ0v) is 40.2. The van der Waals surface area contributed by atoms with Crippen molar-refractivity contribution in [2.75, 3.05) is 19.7 Å². The Morgan fingerprint density at radius 3 is 1.80 bits per heavy atom. The summed E-state index contributed by atoms with van der Waals surface area (Å²) in [6.45, 7) is 4.74. The summed E-state index contributed by atoms with van der Waals surface area (Å²) in [6, 6.07) is 41.1. The maximum absolute atomic E-state index is 14.3. The smallest absolute Gasteiger partial charge is 0.338 e. The van der Waals surface area contributed by atoms with Gasteiger partial charge in [-0.2, -0.15) is 0 Å². The fourth-order valence-electron chi connectivity index (χ4n) is 8.00. The largest absolute Gasteiger partial charge is 1.00 e. The van der Waals surface area contributed by atoms with Gasteiger partial charge in [-0.1, -0.05) is 127 Å². The second-order valence-corrected chi connectivity index (χ2v) is 16.4.